The van der Waals surface area contributed by atoms with E-state index in [4.69, 9.17) is 3.08 Å². The van der Waals surface area contributed by atoms with E-state index in [1.807, 2.05) is 0 Å². The fourth-order valence-electron chi connectivity index (χ4n) is 0. The van der Waals surface area contributed by atoms with E-state index in [0.717, 1.165) is 0 Å². The van der Waals surface area contributed by atoms with E-state index < -0.39 is 0 Å². The Morgan fingerprint density at radius 2 is 1.25 bits per heavy atom. The molecule has 0 aliphatic carbocycles. The molecule has 0 saturated carbocycles. The van der Waals surface area contributed by atoms with Crippen molar-refractivity contribution >= 4 is 22.5 Å². The molecule has 0 unspecified atom stereocenters. The summed E-state index contributed by atoms with van der Waals surface area (Å²) in [5.74, 6) is 0. The Labute approximate surface area is 79.1 Å². The molecule has 4 heteroatoms. The van der Waals surface area contributed by atoms with Crippen LogP contribution in [0.3, 0.4) is 0 Å². The number of hydrogen-bond donors (Lipinski definition) is 0. The molecule has 0 aromatic carbocycles. The largest absolute Gasteiger partial charge is 0 e. The summed E-state index contributed by atoms with van der Waals surface area (Å²) in [4.78, 5) is 0. The summed E-state index contributed by atoms with van der Waals surface area (Å²) < 4.78 is 8.34. The summed E-state index contributed by atoms with van der Waals surface area (Å²) in [5, 5.41) is 0. The Kier molecular flexibility index (Phi) is 72.9. The van der Waals surface area contributed by atoms with E-state index >= 15 is 0 Å². The molecule has 0 aliphatic rings. The summed E-state index contributed by atoms with van der Waals surface area (Å²) >= 11 is 0.300. The summed E-state index contributed by atoms with van der Waals surface area (Å²) in [6, 6.07) is 0. The number of hydrogen-bond acceptors (Lipinski definition) is 1. The molecule has 15 valence electrons. The van der Waals surface area contributed by atoms with Crippen LogP contribution in [0.1, 0.15) is 0 Å². The van der Waals surface area contributed by atoms with Gasteiger partial charge in [-0.2, -0.15) is 0 Å². The summed E-state index contributed by atoms with van der Waals surface area (Å²) in [7, 11) is 0. The predicted octanol–water partition coefficient (Wildman–Crippen LogP) is -0.502. The van der Waals surface area contributed by atoms with E-state index in [0.29, 0.717) is 22.5 Å². The van der Waals surface area contributed by atoms with Gasteiger partial charge in [-0.15, -0.1) is 0 Å². The van der Waals surface area contributed by atoms with Crippen molar-refractivity contribution in [2.45, 2.75) is 0 Å². The third-order valence-corrected chi connectivity index (χ3v) is 0. The second kappa shape index (κ2) is 18.1. The van der Waals surface area contributed by atoms with Gasteiger partial charge >= 0.3 is 25.6 Å². The van der Waals surface area contributed by atoms with Gasteiger partial charge in [0.2, 0.25) is 0 Å². The van der Waals surface area contributed by atoms with E-state index in [9.17, 15) is 0 Å². The van der Waals surface area contributed by atoms with Crippen molar-refractivity contribution in [2.24, 2.45) is 0 Å². The number of rotatable bonds is 0. The fourth-order valence-corrected chi connectivity index (χ4v) is 0. The van der Waals surface area contributed by atoms with Crippen molar-refractivity contribution in [1.29, 1.82) is 0 Å². The van der Waals surface area contributed by atoms with Crippen LogP contribution in [-0.2, 0) is 22.6 Å². The molecular weight excluding hydrogens is 339 g/mol. The summed E-state index contributed by atoms with van der Waals surface area (Å²) in [6.07, 6.45) is 0. The van der Waals surface area contributed by atoms with Crippen LogP contribution in [0.25, 0.3) is 0 Å². The quantitative estimate of drug-likeness (QED) is 0.544. The smallest absolute Gasteiger partial charge is 0 e. The molecule has 0 spiro atoms. The van der Waals surface area contributed by atoms with Gasteiger partial charge in [-0.3, -0.25) is 0 Å². The van der Waals surface area contributed by atoms with Crippen LogP contribution in [0.5, 0.6) is 0 Å². The zero-order valence-electron chi connectivity index (χ0n) is 2.19. The Morgan fingerprint density at radius 3 is 1.25 bits per heavy atom. The second-order valence-corrected chi connectivity index (χ2v) is 0. The maximum absolute atomic E-state index is 8.34. The molecule has 0 amide bonds. The average Bonchev–Trinajstić information content (AvgIpc) is 1.00. The van der Waals surface area contributed by atoms with E-state index in [2.05, 4.69) is 0 Å². The zero-order valence-corrected chi connectivity index (χ0v) is 11.6. The van der Waals surface area contributed by atoms with Gasteiger partial charge in [0.15, 0.2) is 0 Å². The van der Waals surface area contributed by atoms with Gasteiger partial charge in [0, 0.05) is 55.1 Å². The van der Waals surface area contributed by atoms with E-state index in [1.165, 1.54) is 0 Å². The summed E-state index contributed by atoms with van der Waals surface area (Å²) in [5.41, 5.74) is 0. The van der Waals surface area contributed by atoms with Crippen molar-refractivity contribution < 1.29 is 58.2 Å². The van der Waals surface area contributed by atoms with Crippen LogP contribution in [-0.4, -0.2) is 22.5 Å². The van der Waals surface area contributed by atoms with E-state index in [-0.39, 0.29) is 55.1 Å². The first-order valence-corrected chi connectivity index (χ1v) is 1.37. The molecule has 0 aromatic rings. The second-order valence-electron chi connectivity index (χ2n) is 0. The minimum absolute atomic E-state index is 0. The molecule has 0 aromatic heterocycles. The monoisotopic (exact) mass is 339 g/mol. The van der Waals surface area contributed by atoms with Crippen molar-refractivity contribution in [1.82, 2.24) is 0 Å². The van der Waals surface area contributed by atoms with Gasteiger partial charge in [0.25, 0.3) is 0 Å². The fraction of sp³-hybridized carbons (Fsp3) is 0. The van der Waals surface area contributed by atoms with Crippen molar-refractivity contribution in [3.05, 3.63) is 0 Å². The van der Waals surface area contributed by atoms with Crippen LogP contribution in [0.15, 0.2) is 0 Å². The Morgan fingerprint density at radius 1 is 1.25 bits per heavy atom. The van der Waals surface area contributed by atoms with Crippen molar-refractivity contribution in [3.63, 3.8) is 0 Å². The molecule has 1 nitrogen and oxygen atoms in total. The molecule has 0 heterocycles. The molecular formula is LaOSnZn. The Hall–Kier alpha value is 2.42. The van der Waals surface area contributed by atoms with Gasteiger partial charge in [-0.05, 0) is 0 Å². The van der Waals surface area contributed by atoms with Gasteiger partial charge in [-0.1, -0.05) is 0 Å². The van der Waals surface area contributed by atoms with Crippen LogP contribution in [0, 0.1) is 35.6 Å². The molecule has 0 atom stereocenters. The molecule has 0 fully saturated rings. The van der Waals surface area contributed by atoms with E-state index in [1.54, 1.807) is 0 Å². The van der Waals surface area contributed by atoms with Gasteiger partial charge < -0.3 is 0 Å². The first-order chi connectivity index (χ1) is 1.00. The van der Waals surface area contributed by atoms with Gasteiger partial charge in [-0.25, -0.2) is 0 Å². The van der Waals surface area contributed by atoms with Crippen LogP contribution >= 0.6 is 0 Å². The standard InChI is InChI=1S/La.O.Sn.Zn. The summed E-state index contributed by atoms with van der Waals surface area (Å²) in [6.45, 7) is 0. The molecule has 0 bridgehead atoms. The molecule has 0 saturated heterocycles. The zero-order chi connectivity index (χ0) is 2.00. The minimum atomic E-state index is 0. The molecule has 0 aliphatic heterocycles. The van der Waals surface area contributed by atoms with Crippen molar-refractivity contribution in [2.75, 3.05) is 0 Å². The van der Waals surface area contributed by atoms with Crippen molar-refractivity contribution in [3.8, 4) is 0 Å². The molecule has 4 heavy (non-hydrogen) atoms. The van der Waals surface area contributed by atoms with Crippen LogP contribution in [0.4, 0.5) is 0 Å². The minimum Gasteiger partial charge on any atom is 0 e. The third kappa shape index (κ3) is 8.83. The maximum Gasteiger partial charge on any atom is 0 e. The Bertz CT molecular complexity index is 8.00. The SMILES string of the molecule is [La].[O]=[Sn].[Zn]. The molecule has 0 rings (SSSR count). The predicted molar refractivity (Wildman–Crippen MR) is 6.44 cm³/mol. The first kappa shape index (κ1) is 16.1. The average molecular weight is 339 g/mol. The third-order valence-electron chi connectivity index (χ3n) is 0. The normalized spacial score (nSPS) is 1.00. The topological polar surface area (TPSA) is 17.1 Å². The van der Waals surface area contributed by atoms with Gasteiger partial charge in [0.05, 0.1) is 0 Å². The maximum atomic E-state index is 8.34. The molecule has 0 N–H and O–H groups in total. The first-order valence-electron chi connectivity index (χ1n) is 0.204. The molecule has 3 radical (unpaired) electrons. The van der Waals surface area contributed by atoms with Gasteiger partial charge in [0.1, 0.15) is 0 Å². The van der Waals surface area contributed by atoms with Crippen LogP contribution in [0.2, 0.25) is 0 Å². The van der Waals surface area contributed by atoms with Crippen LogP contribution < -0.4 is 0 Å². The Balaban J connectivity index is -0.00000000500.